The Morgan fingerprint density at radius 1 is 0.943 bits per heavy atom. The summed E-state index contributed by atoms with van der Waals surface area (Å²) in [6, 6.07) is 28.2. The number of carbonyl (C=O) groups excluding carboxylic acids is 1. The van der Waals surface area contributed by atoms with Crippen LogP contribution in [-0.2, 0) is 11.3 Å². The lowest BCUT2D eigenvalue weighted by Crippen LogP contribution is -2.41. The molecule has 5 rings (SSSR count). The van der Waals surface area contributed by atoms with Crippen LogP contribution < -0.4 is 5.32 Å². The van der Waals surface area contributed by atoms with Gasteiger partial charge in [0.2, 0.25) is 17.6 Å². The quantitative estimate of drug-likeness (QED) is 0.407. The monoisotopic (exact) mass is 466 g/mol. The van der Waals surface area contributed by atoms with Crippen molar-refractivity contribution in [3.05, 3.63) is 108 Å². The number of rotatable bonds is 7. The highest BCUT2D eigenvalue weighted by Crippen LogP contribution is 2.26. The zero-order valence-corrected chi connectivity index (χ0v) is 19.9. The summed E-state index contributed by atoms with van der Waals surface area (Å²) >= 11 is 0. The highest BCUT2D eigenvalue weighted by Gasteiger charge is 2.28. The first-order chi connectivity index (χ1) is 17.2. The standard InChI is InChI=1S/C29H30N4O2/c1-21-10-8-9-15-25(21)28-30-26(35-32-28)20-33-18-16-24(17-19-33)29(34)31-27(22-11-4-2-5-12-22)23-13-6-3-7-14-23/h2-15,24,27H,16-20H2,1H3,(H,31,34). The Kier molecular flexibility index (Phi) is 7.00. The molecule has 2 heterocycles. The molecule has 6 heteroatoms. The number of carbonyl (C=O) groups is 1. The molecule has 4 aromatic rings. The maximum atomic E-state index is 13.2. The number of nitrogens with zero attached hydrogens (tertiary/aromatic N) is 3. The molecular weight excluding hydrogens is 436 g/mol. The zero-order chi connectivity index (χ0) is 24.0. The fourth-order valence-corrected chi connectivity index (χ4v) is 4.71. The van der Waals surface area contributed by atoms with Gasteiger partial charge in [-0.3, -0.25) is 9.69 Å². The van der Waals surface area contributed by atoms with E-state index in [2.05, 4.69) is 44.6 Å². The Bertz CT molecular complexity index is 1210. The minimum atomic E-state index is -0.152. The molecule has 1 aliphatic heterocycles. The number of hydrogen-bond acceptors (Lipinski definition) is 5. The van der Waals surface area contributed by atoms with Gasteiger partial charge in [0, 0.05) is 11.5 Å². The van der Waals surface area contributed by atoms with Gasteiger partial charge < -0.3 is 9.84 Å². The second kappa shape index (κ2) is 10.7. The van der Waals surface area contributed by atoms with Gasteiger partial charge in [0.05, 0.1) is 12.6 Å². The molecule has 3 aromatic carbocycles. The average molecular weight is 467 g/mol. The molecule has 0 bridgehead atoms. The zero-order valence-electron chi connectivity index (χ0n) is 19.9. The van der Waals surface area contributed by atoms with Crippen molar-refractivity contribution >= 4 is 5.91 Å². The van der Waals surface area contributed by atoms with Gasteiger partial charge in [0.1, 0.15) is 0 Å². The minimum Gasteiger partial charge on any atom is -0.345 e. The van der Waals surface area contributed by atoms with Gasteiger partial charge in [-0.1, -0.05) is 90.1 Å². The second-order valence-electron chi connectivity index (χ2n) is 9.14. The van der Waals surface area contributed by atoms with Gasteiger partial charge in [-0.15, -0.1) is 0 Å². The van der Waals surface area contributed by atoms with Crippen LogP contribution in [0.25, 0.3) is 11.4 Å². The number of likely N-dealkylation sites (tertiary alicyclic amines) is 1. The summed E-state index contributed by atoms with van der Waals surface area (Å²) in [5, 5.41) is 7.48. The van der Waals surface area contributed by atoms with E-state index in [-0.39, 0.29) is 17.9 Å². The molecule has 0 aliphatic carbocycles. The summed E-state index contributed by atoms with van der Waals surface area (Å²) in [6.45, 7) is 4.29. The Balaban J connectivity index is 1.19. The normalized spacial score (nSPS) is 14.8. The van der Waals surface area contributed by atoms with Gasteiger partial charge >= 0.3 is 0 Å². The Labute approximate surface area is 206 Å². The molecule has 1 aliphatic rings. The molecule has 0 atom stereocenters. The lowest BCUT2D eigenvalue weighted by molar-refractivity contribution is -0.127. The summed E-state index contributed by atoms with van der Waals surface area (Å²) in [4.78, 5) is 20.1. The lowest BCUT2D eigenvalue weighted by atomic mass is 9.93. The van der Waals surface area contributed by atoms with Crippen LogP contribution in [-0.4, -0.2) is 34.0 Å². The molecular formula is C29H30N4O2. The minimum absolute atomic E-state index is 0.00797. The maximum absolute atomic E-state index is 13.2. The fourth-order valence-electron chi connectivity index (χ4n) is 4.71. The van der Waals surface area contributed by atoms with Gasteiger partial charge in [0.15, 0.2) is 0 Å². The molecule has 0 unspecified atom stereocenters. The Morgan fingerprint density at radius 3 is 2.17 bits per heavy atom. The predicted octanol–water partition coefficient (Wildman–Crippen LogP) is 5.16. The van der Waals surface area contributed by atoms with E-state index in [1.807, 2.05) is 67.6 Å². The van der Waals surface area contributed by atoms with E-state index < -0.39 is 0 Å². The molecule has 178 valence electrons. The van der Waals surface area contributed by atoms with Crippen molar-refractivity contribution in [3.8, 4) is 11.4 Å². The van der Waals surface area contributed by atoms with E-state index in [0.717, 1.165) is 48.2 Å². The summed E-state index contributed by atoms with van der Waals surface area (Å²) in [6.07, 6.45) is 1.61. The third-order valence-corrected chi connectivity index (χ3v) is 6.72. The molecule has 1 fully saturated rings. The molecule has 35 heavy (non-hydrogen) atoms. The number of piperidine rings is 1. The first-order valence-corrected chi connectivity index (χ1v) is 12.2. The van der Waals surface area contributed by atoms with E-state index in [0.29, 0.717) is 18.3 Å². The van der Waals surface area contributed by atoms with Crippen LogP contribution in [0.1, 0.15) is 41.5 Å². The summed E-state index contributed by atoms with van der Waals surface area (Å²) in [7, 11) is 0. The topological polar surface area (TPSA) is 71.3 Å². The smallest absolute Gasteiger partial charge is 0.241 e. The number of benzene rings is 3. The highest BCUT2D eigenvalue weighted by molar-refractivity contribution is 5.79. The van der Waals surface area contributed by atoms with Crippen LogP contribution in [0.15, 0.2) is 89.5 Å². The first-order valence-electron chi connectivity index (χ1n) is 12.2. The summed E-state index contributed by atoms with van der Waals surface area (Å²) in [5.41, 5.74) is 4.29. The van der Waals surface area contributed by atoms with Gasteiger partial charge in [-0.2, -0.15) is 4.98 Å². The molecule has 1 amide bonds. The van der Waals surface area contributed by atoms with E-state index in [9.17, 15) is 4.79 Å². The Morgan fingerprint density at radius 2 is 1.54 bits per heavy atom. The predicted molar refractivity (Wildman–Crippen MR) is 135 cm³/mol. The van der Waals surface area contributed by atoms with Crippen LogP contribution in [0.2, 0.25) is 0 Å². The number of amides is 1. The van der Waals surface area contributed by atoms with E-state index in [4.69, 9.17) is 4.52 Å². The highest BCUT2D eigenvalue weighted by atomic mass is 16.5. The van der Waals surface area contributed by atoms with Crippen LogP contribution in [0.4, 0.5) is 0 Å². The summed E-state index contributed by atoms with van der Waals surface area (Å²) in [5.74, 6) is 1.34. The SMILES string of the molecule is Cc1ccccc1-c1noc(CN2CCC(C(=O)NC(c3ccccc3)c3ccccc3)CC2)n1. The van der Waals surface area contributed by atoms with Crippen molar-refractivity contribution < 1.29 is 9.32 Å². The molecule has 1 saturated heterocycles. The maximum Gasteiger partial charge on any atom is 0.241 e. The van der Waals surface area contributed by atoms with E-state index in [1.54, 1.807) is 0 Å². The van der Waals surface area contributed by atoms with Gasteiger partial charge in [0.25, 0.3) is 0 Å². The molecule has 0 saturated carbocycles. The number of hydrogen-bond donors (Lipinski definition) is 1. The number of nitrogens with one attached hydrogen (secondary N) is 1. The largest absolute Gasteiger partial charge is 0.345 e. The third-order valence-electron chi connectivity index (χ3n) is 6.72. The molecule has 0 spiro atoms. The lowest BCUT2D eigenvalue weighted by Gasteiger charge is -2.31. The molecule has 0 radical (unpaired) electrons. The molecule has 6 nitrogen and oxygen atoms in total. The van der Waals surface area contributed by atoms with E-state index >= 15 is 0 Å². The van der Waals surface area contributed by atoms with Crippen molar-refractivity contribution in [1.82, 2.24) is 20.4 Å². The van der Waals surface area contributed by atoms with Crippen LogP contribution >= 0.6 is 0 Å². The Hall–Kier alpha value is -3.77. The van der Waals surface area contributed by atoms with Crippen molar-refractivity contribution in [2.75, 3.05) is 13.1 Å². The van der Waals surface area contributed by atoms with Crippen molar-refractivity contribution in [1.29, 1.82) is 0 Å². The molecule has 1 N–H and O–H groups in total. The number of aromatic nitrogens is 2. The van der Waals surface area contributed by atoms with E-state index in [1.165, 1.54) is 0 Å². The van der Waals surface area contributed by atoms with Crippen molar-refractivity contribution in [2.24, 2.45) is 5.92 Å². The van der Waals surface area contributed by atoms with Crippen LogP contribution in [0.5, 0.6) is 0 Å². The van der Waals surface area contributed by atoms with Gasteiger partial charge in [-0.05, 0) is 49.5 Å². The first kappa shape index (κ1) is 23.0. The van der Waals surface area contributed by atoms with Crippen molar-refractivity contribution in [2.45, 2.75) is 32.4 Å². The third kappa shape index (κ3) is 5.49. The van der Waals surface area contributed by atoms with Gasteiger partial charge in [-0.25, -0.2) is 0 Å². The average Bonchev–Trinajstić information content (AvgIpc) is 3.37. The van der Waals surface area contributed by atoms with Crippen molar-refractivity contribution in [3.63, 3.8) is 0 Å². The van der Waals surface area contributed by atoms with Crippen LogP contribution in [0, 0.1) is 12.8 Å². The van der Waals surface area contributed by atoms with Crippen LogP contribution in [0.3, 0.4) is 0 Å². The second-order valence-corrected chi connectivity index (χ2v) is 9.14. The fraction of sp³-hybridized carbons (Fsp3) is 0.276. The summed E-state index contributed by atoms with van der Waals surface area (Å²) < 4.78 is 5.52. The molecule has 1 aromatic heterocycles. The number of aryl methyl sites for hydroxylation is 1.